The summed E-state index contributed by atoms with van der Waals surface area (Å²) < 4.78 is 0. The van der Waals surface area contributed by atoms with Crippen LogP contribution in [0.3, 0.4) is 0 Å². The smallest absolute Gasteiger partial charge is 0.230 e. The van der Waals surface area contributed by atoms with Gasteiger partial charge in [-0.2, -0.15) is 0 Å². The fraction of sp³-hybridized carbons (Fsp3) is 0.750. The topological polar surface area (TPSA) is 115 Å². The molecule has 7 nitrogen and oxygen atoms in total. The molecule has 6 N–H and O–H groups in total. The minimum Gasteiger partial charge on any atom is -0.370 e. The van der Waals surface area contributed by atoms with E-state index in [1.54, 1.807) is 0 Å². The van der Waals surface area contributed by atoms with E-state index in [2.05, 4.69) is 15.8 Å². The van der Waals surface area contributed by atoms with Crippen LogP contribution in [0.2, 0.25) is 0 Å². The number of hydroxylamine groups is 1. The third-order valence-electron chi connectivity index (χ3n) is 2.26. The van der Waals surface area contributed by atoms with Crippen molar-refractivity contribution in [3.8, 4) is 0 Å². The van der Waals surface area contributed by atoms with E-state index in [4.69, 9.17) is 16.3 Å². The number of nitrogens with zero attached hydrogens (tertiary/aromatic N) is 1. The van der Waals surface area contributed by atoms with E-state index < -0.39 is 0 Å². The maximum absolute atomic E-state index is 9.92. The second-order valence-electron chi connectivity index (χ2n) is 3.52. The summed E-state index contributed by atoms with van der Waals surface area (Å²) in [5.41, 5.74) is 12.6. The molecule has 0 saturated carbocycles. The van der Waals surface area contributed by atoms with Crippen molar-refractivity contribution in [3.63, 3.8) is 0 Å². The minimum absolute atomic E-state index is 0.123. The summed E-state index contributed by atoms with van der Waals surface area (Å²) >= 11 is 0. The molecule has 0 aromatic rings. The van der Waals surface area contributed by atoms with Crippen LogP contribution < -0.4 is 22.3 Å². The van der Waals surface area contributed by atoms with Gasteiger partial charge in [-0.3, -0.25) is 14.6 Å². The highest BCUT2D eigenvalue weighted by Gasteiger charge is 2.23. The summed E-state index contributed by atoms with van der Waals surface area (Å²) in [6, 6.07) is 0.247. The van der Waals surface area contributed by atoms with Gasteiger partial charge in [-0.05, 0) is 12.3 Å². The molecule has 2 unspecified atom stereocenters. The van der Waals surface area contributed by atoms with Crippen LogP contribution in [-0.4, -0.2) is 38.1 Å². The molecule has 0 aliphatic carbocycles. The Morgan fingerprint density at radius 2 is 2.47 bits per heavy atom. The van der Waals surface area contributed by atoms with E-state index in [1.807, 2.05) is 0 Å². The van der Waals surface area contributed by atoms with Crippen LogP contribution in [0.4, 0.5) is 0 Å². The highest BCUT2D eigenvalue weighted by atomic mass is 16.6. The molecule has 1 saturated heterocycles. The summed E-state index contributed by atoms with van der Waals surface area (Å²) in [4.78, 5) is 18.8. The third kappa shape index (κ3) is 4.61. The monoisotopic (exact) mass is 215 g/mol. The van der Waals surface area contributed by atoms with Crippen LogP contribution in [0.5, 0.6) is 0 Å². The van der Waals surface area contributed by atoms with E-state index in [9.17, 15) is 4.79 Å². The van der Waals surface area contributed by atoms with Crippen LogP contribution in [0.25, 0.3) is 0 Å². The quantitative estimate of drug-likeness (QED) is 0.133. The molecule has 0 bridgehead atoms. The largest absolute Gasteiger partial charge is 0.370 e. The van der Waals surface area contributed by atoms with Gasteiger partial charge >= 0.3 is 0 Å². The third-order valence-corrected chi connectivity index (χ3v) is 2.26. The lowest BCUT2D eigenvalue weighted by Crippen LogP contribution is -2.29. The van der Waals surface area contributed by atoms with E-state index in [1.165, 1.54) is 0 Å². The van der Waals surface area contributed by atoms with E-state index in [0.29, 0.717) is 25.5 Å². The second-order valence-corrected chi connectivity index (χ2v) is 3.52. The fourth-order valence-electron chi connectivity index (χ4n) is 1.59. The van der Waals surface area contributed by atoms with Gasteiger partial charge in [0.15, 0.2) is 5.96 Å². The highest BCUT2D eigenvalue weighted by Crippen LogP contribution is 2.14. The van der Waals surface area contributed by atoms with Crippen molar-refractivity contribution in [2.75, 3.05) is 19.7 Å². The number of nitrogens with one attached hydrogen (secondary N) is 2. The second kappa shape index (κ2) is 6.20. The van der Waals surface area contributed by atoms with E-state index in [-0.39, 0.29) is 12.0 Å². The maximum Gasteiger partial charge on any atom is 0.230 e. The molecule has 0 spiro atoms. The molecule has 86 valence electrons. The van der Waals surface area contributed by atoms with Gasteiger partial charge in [0, 0.05) is 19.1 Å². The first-order chi connectivity index (χ1) is 7.22. The molecule has 0 aromatic heterocycles. The molecule has 0 aromatic carbocycles. The lowest BCUT2D eigenvalue weighted by atomic mass is 10.1. The van der Waals surface area contributed by atoms with Crippen molar-refractivity contribution < 1.29 is 9.63 Å². The molecule has 7 heteroatoms. The van der Waals surface area contributed by atoms with Crippen LogP contribution in [-0.2, 0) is 9.63 Å². The molecule has 1 aliphatic heterocycles. The Kier molecular flexibility index (Phi) is 4.85. The van der Waals surface area contributed by atoms with Crippen molar-refractivity contribution in [1.82, 2.24) is 10.8 Å². The first kappa shape index (κ1) is 11.7. The molecule has 1 aliphatic rings. The number of hydrogen-bond acceptors (Lipinski definition) is 4. The van der Waals surface area contributed by atoms with Crippen LogP contribution >= 0.6 is 0 Å². The zero-order chi connectivity index (χ0) is 11.1. The van der Waals surface area contributed by atoms with E-state index >= 15 is 0 Å². The molecule has 2 atom stereocenters. The van der Waals surface area contributed by atoms with Crippen molar-refractivity contribution >= 4 is 12.4 Å². The number of guanidine groups is 1. The Balaban J connectivity index is 2.15. The van der Waals surface area contributed by atoms with Gasteiger partial charge in [0.1, 0.15) is 0 Å². The zero-order valence-electron chi connectivity index (χ0n) is 8.48. The minimum atomic E-state index is 0.123. The zero-order valence-corrected chi connectivity index (χ0v) is 8.48. The SMILES string of the molecule is NC(N)=NCC1CNC(CONC=O)C1. The summed E-state index contributed by atoms with van der Waals surface area (Å²) in [6.45, 7) is 1.95. The summed E-state index contributed by atoms with van der Waals surface area (Å²) in [5, 5.41) is 3.26. The van der Waals surface area contributed by atoms with Crippen molar-refractivity contribution in [2.45, 2.75) is 12.5 Å². The number of hydrogen-bond donors (Lipinski definition) is 4. The van der Waals surface area contributed by atoms with E-state index in [0.717, 1.165) is 13.0 Å². The Hall–Kier alpha value is -1.34. The predicted molar refractivity (Wildman–Crippen MR) is 55.7 cm³/mol. The van der Waals surface area contributed by atoms with Gasteiger partial charge in [-0.25, -0.2) is 5.48 Å². The average molecular weight is 215 g/mol. The maximum atomic E-state index is 9.92. The Bertz CT molecular complexity index is 229. The van der Waals surface area contributed by atoms with Gasteiger partial charge < -0.3 is 16.8 Å². The first-order valence-electron chi connectivity index (χ1n) is 4.82. The molecular weight excluding hydrogens is 198 g/mol. The Labute approximate surface area is 88.2 Å². The lowest BCUT2D eigenvalue weighted by molar-refractivity contribution is -0.121. The normalized spacial score (nSPS) is 24.8. The number of carbonyl (C=O) groups excluding carboxylic acids is 1. The number of carbonyl (C=O) groups is 1. The number of aliphatic imine (C=N–C) groups is 1. The van der Waals surface area contributed by atoms with Gasteiger partial charge in [0.25, 0.3) is 0 Å². The standard InChI is InChI=1S/C8H17N5O2/c9-8(10)12-3-6-1-7(11-2-6)4-15-13-5-14/h5-7,11H,1-4H2,(H,13,14)(H4,9,10,12). The number of amides is 1. The summed E-state index contributed by atoms with van der Waals surface area (Å²) in [6.07, 6.45) is 1.45. The van der Waals surface area contributed by atoms with Gasteiger partial charge in [0.05, 0.1) is 6.61 Å². The molecule has 1 amide bonds. The summed E-state index contributed by atoms with van der Waals surface area (Å²) in [5.74, 6) is 0.550. The number of rotatable bonds is 6. The molecule has 1 heterocycles. The molecule has 1 fully saturated rings. The number of nitrogens with two attached hydrogens (primary N) is 2. The molecule has 1 rings (SSSR count). The van der Waals surface area contributed by atoms with Crippen molar-refractivity contribution in [3.05, 3.63) is 0 Å². The van der Waals surface area contributed by atoms with Crippen molar-refractivity contribution in [2.24, 2.45) is 22.4 Å². The Morgan fingerprint density at radius 1 is 1.67 bits per heavy atom. The molecule has 15 heavy (non-hydrogen) atoms. The summed E-state index contributed by atoms with van der Waals surface area (Å²) in [7, 11) is 0. The first-order valence-corrected chi connectivity index (χ1v) is 4.82. The Morgan fingerprint density at radius 3 is 3.13 bits per heavy atom. The predicted octanol–water partition coefficient (Wildman–Crippen LogP) is -2.08. The fourth-order valence-corrected chi connectivity index (χ4v) is 1.59. The molecule has 0 radical (unpaired) electrons. The van der Waals surface area contributed by atoms with Crippen molar-refractivity contribution in [1.29, 1.82) is 0 Å². The van der Waals surface area contributed by atoms with Crippen LogP contribution in [0.1, 0.15) is 6.42 Å². The van der Waals surface area contributed by atoms with Crippen LogP contribution in [0, 0.1) is 5.92 Å². The average Bonchev–Trinajstić information content (AvgIpc) is 2.63. The van der Waals surface area contributed by atoms with Gasteiger partial charge in [-0.1, -0.05) is 0 Å². The highest BCUT2D eigenvalue weighted by molar-refractivity contribution is 5.75. The lowest BCUT2D eigenvalue weighted by Gasteiger charge is -2.09. The van der Waals surface area contributed by atoms with Gasteiger partial charge in [0.2, 0.25) is 6.41 Å². The molecular formula is C8H17N5O2. The van der Waals surface area contributed by atoms with Crippen LogP contribution in [0.15, 0.2) is 4.99 Å². The van der Waals surface area contributed by atoms with Gasteiger partial charge in [-0.15, -0.1) is 0 Å².